The number of rotatable bonds is 7. The molecule has 0 aliphatic rings. The molecular weight excluding hydrogens is 417 g/mol. The lowest BCUT2D eigenvalue weighted by atomic mass is 10.0. The summed E-state index contributed by atoms with van der Waals surface area (Å²) in [6.07, 6.45) is 0. The summed E-state index contributed by atoms with van der Waals surface area (Å²) in [5, 5.41) is 4.86. The number of hydrogen-bond acceptors (Lipinski definition) is 5. The van der Waals surface area contributed by atoms with E-state index in [1.165, 1.54) is 23.5 Å². The zero-order valence-corrected chi connectivity index (χ0v) is 18.7. The minimum Gasteiger partial charge on any atom is -0.483 e. The smallest absolute Gasteiger partial charge is 0.341 e. The van der Waals surface area contributed by atoms with Crippen LogP contribution in [0.25, 0.3) is 11.1 Å². The number of aryl methyl sites for hydroxylation is 2. The maximum Gasteiger partial charge on any atom is 0.341 e. The standard InChI is InChI=1S/C24H24FNO4S/c1-5-29-24(28)21-19(17-8-10-18(25)11-9-17)13-31-23(21)26-20(27)12-30-22-15(3)7-6-14(2)16(22)4/h6-11,13H,5,12H2,1-4H3,(H,26,27). The van der Waals surface area contributed by atoms with Crippen molar-refractivity contribution in [2.24, 2.45) is 0 Å². The maximum absolute atomic E-state index is 13.3. The van der Waals surface area contributed by atoms with Gasteiger partial charge in [0.1, 0.15) is 22.1 Å². The van der Waals surface area contributed by atoms with Gasteiger partial charge in [-0.3, -0.25) is 4.79 Å². The van der Waals surface area contributed by atoms with Crippen molar-refractivity contribution in [1.29, 1.82) is 0 Å². The molecule has 1 amide bonds. The van der Waals surface area contributed by atoms with Gasteiger partial charge in [-0.25, -0.2) is 9.18 Å². The predicted molar refractivity (Wildman–Crippen MR) is 120 cm³/mol. The van der Waals surface area contributed by atoms with Crippen molar-refractivity contribution in [3.05, 3.63) is 69.8 Å². The molecule has 0 aliphatic carbocycles. The topological polar surface area (TPSA) is 64.6 Å². The number of anilines is 1. The first kappa shape index (κ1) is 22.5. The highest BCUT2D eigenvalue weighted by Crippen LogP contribution is 2.36. The van der Waals surface area contributed by atoms with Gasteiger partial charge in [-0.05, 0) is 62.1 Å². The van der Waals surface area contributed by atoms with Crippen LogP contribution in [0.15, 0.2) is 41.8 Å². The van der Waals surface area contributed by atoms with Crippen LogP contribution < -0.4 is 10.1 Å². The average Bonchev–Trinajstić information content (AvgIpc) is 3.15. The van der Waals surface area contributed by atoms with Crippen LogP contribution in [0.2, 0.25) is 0 Å². The van der Waals surface area contributed by atoms with E-state index in [1.54, 1.807) is 24.4 Å². The molecule has 3 aromatic rings. The Labute approximate surface area is 184 Å². The molecule has 0 unspecified atom stereocenters. The van der Waals surface area contributed by atoms with Crippen molar-refractivity contribution in [1.82, 2.24) is 0 Å². The first-order valence-corrected chi connectivity index (χ1v) is 10.7. The fraction of sp³-hybridized carbons (Fsp3) is 0.250. The third kappa shape index (κ3) is 5.11. The monoisotopic (exact) mass is 441 g/mol. The summed E-state index contributed by atoms with van der Waals surface area (Å²) in [5.74, 6) is -0.633. The van der Waals surface area contributed by atoms with Crippen LogP contribution in [0.1, 0.15) is 34.0 Å². The lowest BCUT2D eigenvalue weighted by Crippen LogP contribution is -2.21. The van der Waals surface area contributed by atoms with E-state index in [1.807, 2.05) is 32.9 Å². The summed E-state index contributed by atoms with van der Waals surface area (Å²) in [7, 11) is 0. The summed E-state index contributed by atoms with van der Waals surface area (Å²) in [6, 6.07) is 9.76. The van der Waals surface area contributed by atoms with Gasteiger partial charge in [-0.1, -0.05) is 24.3 Å². The zero-order valence-electron chi connectivity index (χ0n) is 17.9. The van der Waals surface area contributed by atoms with E-state index in [4.69, 9.17) is 9.47 Å². The van der Waals surface area contributed by atoms with Gasteiger partial charge in [-0.15, -0.1) is 11.3 Å². The van der Waals surface area contributed by atoms with Gasteiger partial charge >= 0.3 is 5.97 Å². The third-order valence-corrected chi connectivity index (χ3v) is 5.80. The SMILES string of the molecule is CCOC(=O)c1c(-c2ccc(F)cc2)csc1NC(=O)COc1c(C)ccc(C)c1C. The average molecular weight is 442 g/mol. The number of carbonyl (C=O) groups is 2. The summed E-state index contributed by atoms with van der Waals surface area (Å²) in [5.41, 5.74) is 4.48. The van der Waals surface area contributed by atoms with Gasteiger partial charge in [0.25, 0.3) is 5.91 Å². The molecular formula is C24H24FNO4S. The highest BCUT2D eigenvalue weighted by atomic mass is 32.1. The van der Waals surface area contributed by atoms with Crippen molar-refractivity contribution < 1.29 is 23.5 Å². The van der Waals surface area contributed by atoms with Crippen LogP contribution in [0.5, 0.6) is 5.75 Å². The van der Waals surface area contributed by atoms with Crippen LogP contribution in [0.3, 0.4) is 0 Å². The molecule has 0 radical (unpaired) electrons. The number of halogens is 1. The Morgan fingerprint density at radius 2 is 1.71 bits per heavy atom. The molecule has 1 heterocycles. The van der Waals surface area contributed by atoms with E-state index in [9.17, 15) is 14.0 Å². The molecule has 2 aromatic carbocycles. The van der Waals surface area contributed by atoms with Gasteiger partial charge in [0.15, 0.2) is 6.61 Å². The third-order valence-electron chi connectivity index (χ3n) is 4.90. The normalized spacial score (nSPS) is 10.6. The van der Waals surface area contributed by atoms with Crippen LogP contribution in [-0.4, -0.2) is 25.1 Å². The van der Waals surface area contributed by atoms with Gasteiger partial charge in [0.2, 0.25) is 0 Å². The minimum atomic E-state index is -0.551. The molecule has 3 rings (SSSR count). The quantitative estimate of drug-likeness (QED) is 0.480. The molecule has 162 valence electrons. The largest absolute Gasteiger partial charge is 0.483 e. The van der Waals surface area contributed by atoms with Gasteiger partial charge in [0.05, 0.1) is 6.61 Å². The van der Waals surface area contributed by atoms with Crippen molar-refractivity contribution in [3.8, 4) is 16.9 Å². The van der Waals surface area contributed by atoms with E-state index in [0.29, 0.717) is 21.9 Å². The Balaban J connectivity index is 1.82. The Morgan fingerprint density at radius 3 is 2.39 bits per heavy atom. The maximum atomic E-state index is 13.3. The first-order chi connectivity index (χ1) is 14.8. The highest BCUT2D eigenvalue weighted by molar-refractivity contribution is 7.15. The number of esters is 1. The molecule has 5 nitrogen and oxygen atoms in total. The fourth-order valence-corrected chi connectivity index (χ4v) is 4.12. The molecule has 0 atom stereocenters. The number of nitrogens with one attached hydrogen (secondary N) is 1. The first-order valence-electron chi connectivity index (χ1n) is 9.85. The second-order valence-corrected chi connectivity index (χ2v) is 7.95. The molecule has 0 bridgehead atoms. The number of benzene rings is 2. The molecule has 7 heteroatoms. The number of thiophene rings is 1. The Morgan fingerprint density at radius 1 is 1.03 bits per heavy atom. The van der Waals surface area contributed by atoms with Gasteiger partial charge < -0.3 is 14.8 Å². The molecule has 1 N–H and O–H groups in total. The van der Waals surface area contributed by atoms with Crippen molar-refractivity contribution in [2.75, 3.05) is 18.5 Å². The highest BCUT2D eigenvalue weighted by Gasteiger charge is 2.23. The van der Waals surface area contributed by atoms with Gasteiger partial charge in [-0.2, -0.15) is 0 Å². The number of ether oxygens (including phenoxy) is 2. The van der Waals surface area contributed by atoms with E-state index < -0.39 is 11.9 Å². The van der Waals surface area contributed by atoms with Crippen molar-refractivity contribution >= 4 is 28.2 Å². The van der Waals surface area contributed by atoms with Crippen molar-refractivity contribution in [2.45, 2.75) is 27.7 Å². The van der Waals surface area contributed by atoms with E-state index >= 15 is 0 Å². The number of amides is 1. The molecule has 31 heavy (non-hydrogen) atoms. The van der Waals surface area contributed by atoms with Crippen LogP contribution in [0.4, 0.5) is 9.39 Å². The lowest BCUT2D eigenvalue weighted by molar-refractivity contribution is -0.118. The molecule has 0 fully saturated rings. The minimum absolute atomic E-state index is 0.194. The molecule has 0 spiro atoms. The Kier molecular flexibility index (Phi) is 7.07. The van der Waals surface area contributed by atoms with E-state index in [2.05, 4.69) is 5.32 Å². The van der Waals surface area contributed by atoms with Gasteiger partial charge in [0, 0.05) is 10.9 Å². The summed E-state index contributed by atoms with van der Waals surface area (Å²) < 4.78 is 24.3. The second kappa shape index (κ2) is 9.75. The predicted octanol–water partition coefficient (Wildman–Crippen LogP) is 5.67. The van der Waals surface area contributed by atoms with Crippen LogP contribution in [0, 0.1) is 26.6 Å². The van der Waals surface area contributed by atoms with E-state index in [-0.39, 0.29) is 24.6 Å². The molecule has 1 aromatic heterocycles. The zero-order chi connectivity index (χ0) is 22.5. The summed E-state index contributed by atoms with van der Waals surface area (Å²) >= 11 is 1.21. The summed E-state index contributed by atoms with van der Waals surface area (Å²) in [6.45, 7) is 7.56. The molecule has 0 saturated carbocycles. The lowest BCUT2D eigenvalue weighted by Gasteiger charge is -2.14. The Bertz CT molecular complexity index is 1110. The van der Waals surface area contributed by atoms with Crippen molar-refractivity contribution in [3.63, 3.8) is 0 Å². The molecule has 0 aliphatic heterocycles. The van der Waals surface area contributed by atoms with Crippen LogP contribution >= 0.6 is 11.3 Å². The Hall–Kier alpha value is -3.19. The number of carbonyl (C=O) groups excluding carboxylic acids is 2. The molecule has 0 saturated heterocycles. The second-order valence-electron chi connectivity index (χ2n) is 7.07. The number of hydrogen-bond donors (Lipinski definition) is 1. The fourth-order valence-electron chi connectivity index (χ4n) is 3.15. The summed E-state index contributed by atoms with van der Waals surface area (Å²) in [4.78, 5) is 25.2. The van der Waals surface area contributed by atoms with E-state index in [0.717, 1.165) is 16.7 Å². The van der Waals surface area contributed by atoms with Crippen LogP contribution in [-0.2, 0) is 9.53 Å².